The Morgan fingerprint density at radius 3 is 2.50 bits per heavy atom. The van der Waals surface area contributed by atoms with Crippen molar-refractivity contribution in [3.63, 3.8) is 0 Å². The zero-order chi connectivity index (χ0) is 14.5. The zero-order valence-electron chi connectivity index (χ0n) is 11.5. The van der Waals surface area contributed by atoms with Crippen LogP contribution in [0.3, 0.4) is 0 Å². The molecule has 0 aliphatic rings. The molecule has 2 aromatic carbocycles. The van der Waals surface area contributed by atoms with Crippen LogP contribution in [0.2, 0.25) is 10.0 Å². The Morgan fingerprint density at radius 2 is 1.85 bits per heavy atom. The monoisotopic (exact) mass is 309 g/mol. The number of methoxy groups -OCH3 is 1. The van der Waals surface area contributed by atoms with Crippen molar-refractivity contribution in [3.05, 3.63) is 63.6 Å². The smallest absolute Gasteiger partial charge is 0.137 e. The van der Waals surface area contributed by atoms with Crippen LogP contribution in [0.15, 0.2) is 42.5 Å². The van der Waals surface area contributed by atoms with Gasteiger partial charge < -0.3 is 10.1 Å². The van der Waals surface area contributed by atoms with Gasteiger partial charge in [0.1, 0.15) is 5.75 Å². The zero-order valence-corrected chi connectivity index (χ0v) is 13.0. The van der Waals surface area contributed by atoms with Crippen molar-refractivity contribution in [2.45, 2.75) is 19.5 Å². The lowest BCUT2D eigenvalue weighted by atomic mass is 10.1. The van der Waals surface area contributed by atoms with E-state index in [1.165, 1.54) is 0 Å². The van der Waals surface area contributed by atoms with Gasteiger partial charge in [-0.1, -0.05) is 47.5 Å². The predicted octanol–water partition coefficient (Wildman–Crippen LogP) is 4.85. The van der Waals surface area contributed by atoms with Crippen LogP contribution in [-0.2, 0) is 6.54 Å². The third-order valence-electron chi connectivity index (χ3n) is 3.20. The van der Waals surface area contributed by atoms with E-state index in [0.29, 0.717) is 10.8 Å². The molecule has 1 atom stereocenters. The van der Waals surface area contributed by atoms with Crippen molar-refractivity contribution in [1.29, 1.82) is 0 Å². The van der Waals surface area contributed by atoms with Gasteiger partial charge in [-0.25, -0.2) is 0 Å². The second-order valence-electron chi connectivity index (χ2n) is 4.59. The van der Waals surface area contributed by atoms with Gasteiger partial charge in [0.15, 0.2) is 0 Å². The first-order valence-corrected chi connectivity index (χ1v) is 7.17. The number of benzene rings is 2. The fraction of sp³-hybridized carbons (Fsp3) is 0.250. The normalized spacial score (nSPS) is 12.2. The molecule has 2 nitrogen and oxygen atoms in total. The lowest BCUT2D eigenvalue weighted by molar-refractivity contribution is 0.414. The standard InChI is InChI=1S/C16H17Cl2NO/c1-11(13-5-3-4-6-14(13)17)19-10-12-7-8-16(20-2)15(18)9-12/h3-9,11,19H,10H2,1-2H3. The van der Waals surface area contributed by atoms with Crippen molar-refractivity contribution < 1.29 is 4.74 Å². The van der Waals surface area contributed by atoms with E-state index < -0.39 is 0 Å². The van der Waals surface area contributed by atoms with Crippen LogP contribution in [0.25, 0.3) is 0 Å². The van der Waals surface area contributed by atoms with Crippen LogP contribution in [0.4, 0.5) is 0 Å². The Bertz CT molecular complexity index is 586. The van der Waals surface area contributed by atoms with Gasteiger partial charge in [0.25, 0.3) is 0 Å². The Kier molecular flexibility index (Phi) is 5.30. The summed E-state index contributed by atoms with van der Waals surface area (Å²) in [6, 6.07) is 13.8. The summed E-state index contributed by atoms with van der Waals surface area (Å²) in [6.07, 6.45) is 0. The van der Waals surface area contributed by atoms with E-state index in [9.17, 15) is 0 Å². The van der Waals surface area contributed by atoms with Crippen molar-refractivity contribution in [1.82, 2.24) is 5.32 Å². The molecule has 20 heavy (non-hydrogen) atoms. The minimum absolute atomic E-state index is 0.171. The molecular formula is C16H17Cl2NO. The molecule has 1 unspecified atom stereocenters. The Labute approximate surface area is 129 Å². The summed E-state index contributed by atoms with van der Waals surface area (Å²) in [5, 5.41) is 4.84. The molecule has 0 spiro atoms. The molecule has 0 bridgehead atoms. The van der Waals surface area contributed by atoms with Crippen LogP contribution in [0.5, 0.6) is 5.75 Å². The second kappa shape index (κ2) is 6.98. The molecule has 0 heterocycles. The van der Waals surface area contributed by atoms with E-state index in [0.717, 1.165) is 22.7 Å². The molecule has 0 aliphatic carbocycles. The second-order valence-corrected chi connectivity index (χ2v) is 5.41. The average Bonchev–Trinajstić information content (AvgIpc) is 2.45. The van der Waals surface area contributed by atoms with Gasteiger partial charge in [-0.15, -0.1) is 0 Å². The summed E-state index contributed by atoms with van der Waals surface area (Å²) in [7, 11) is 1.61. The van der Waals surface area contributed by atoms with Crippen LogP contribution in [-0.4, -0.2) is 7.11 Å². The van der Waals surface area contributed by atoms with E-state index in [1.807, 2.05) is 42.5 Å². The SMILES string of the molecule is COc1ccc(CNC(C)c2ccccc2Cl)cc1Cl. The highest BCUT2D eigenvalue weighted by Crippen LogP contribution is 2.26. The topological polar surface area (TPSA) is 21.3 Å². The summed E-state index contributed by atoms with van der Waals surface area (Å²) < 4.78 is 5.14. The number of ether oxygens (including phenoxy) is 1. The van der Waals surface area contributed by atoms with Crippen LogP contribution < -0.4 is 10.1 Å². The molecule has 0 amide bonds. The van der Waals surface area contributed by atoms with Gasteiger partial charge in [0.2, 0.25) is 0 Å². The van der Waals surface area contributed by atoms with Gasteiger partial charge in [-0.2, -0.15) is 0 Å². The summed E-state index contributed by atoms with van der Waals surface area (Å²) in [4.78, 5) is 0. The molecule has 2 rings (SSSR count). The molecular weight excluding hydrogens is 293 g/mol. The molecule has 4 heteroatoms. The lowest BCUT2D eigenvalue weighted by Crippen LogP contribution is -2.18. The number of halogens is 2. The molecule has 2 aromatic rings. The van der Waals surface area contributed by atoms with E-state index in [4.69, 9.17) is 27.9 Å². The van der Waals surface area contributed by atoms with E-state index in [-0.39, 0.29) is 6.04 Å². The largest absolute Gasteiger partial charge is 0.495 e. The maximum Gasteiger partial charge on any atom is 0.137 e. The van der Waals surface area contributed by atoms with Gasteiger partial charge in [-0.3, -0.25) is 0 Å². The predicted molar refractivity (Wildman–Crippen MR) is 84.7 cm³/mol. The highest BCUT2D eigenvalue weighted by atomic mass is 35.5. The third-order valence-corrected chi connectivity index (χ3v) is 3.84. The third kappa shape index (κ3) is 3.66. The molecule has 0 radical (unpaired) electrons. The van der Waals surface area contributed by atoms with Crippen molar-refractivity contribution >= 4 is 23.2 Å². The first kappa shape index (κ1) is 15.2. The quantitative estimate of drug-likeness (QED) is 0.852. The first-order chi connectivity index (χ1) is 9.61. The number of hydrogen-bond acceptors (Lipinski definition) is 2. The lowest BCUT2D eigenvalue weighted by Gasteiger charge is -2.16. The average molecular weight is 310 g/mol. The van der Waals surface area contributed by atoms with Crippen LogP contribution in [0.1, 0.15) is 24.1 Å². The van der Waals surface area contributed by atoms with Gasteiger partial charge in [0, 0.05) is 17.6 Å². The summed E-state index contributed by atoms with van der Waals surface area (Å²) in [5.74, 6) is 0.689. The molecule has 106 valence electrons. The minimum Gasteiger partial charge on any atom is -0.495 e. The summed E-state index contributed by atoms with van der Waals surface area (Å²) in [5.41, 5.74) is 2.20. The Hall–Kier alpha value is -1.22. The fourth-order valence-electron chi connectivity index (χ4n) is 2.03. The molecule has 0 aliphatic heterocycles. The molecule has 1 N–H and O–H groups in total. The van der Waals surface area contributed by atoms with Gasteiger partial charge >= 0.3 is 0 Å². The van der Waals surface area contributed by atoms with Crippen LogP contribution >= 0.6 is 23.2 Å². The highest BCUT2D eigenvalue weighted by Gasteiger charge is 2.09. The Balaban J connectivity index is 2.02. The van der Waals surface area contributed by atoms with Crippen molar-refractivity contribution in [2.75, 3.05) is 7.11 Å². The summed E-state index contributed by atoms with van der Waals surface area (Å²) >= 11 is 12.3. The number of rotatable bonds is 5. The van der Waals surface area contributed by atoms with E-state index >= 15 is 0 Å². The van der Waals surface area contributed by atoms with E-state index in [1.54, 1.807) is 7.11 Å². The van der Waals surface area contributed by atoms with Crippen molar-refractivity contribution in [2.24, 2.45) is 0 Å². The summed E-state index contributed by atoms with van der Waals surface area (Å²) in [6.45, 7) is 2.81. The molecule has 0 aromatic heterocycles. The fourth-order valence-corrected chi connectivity index (χ4v) is 2.61. The van der Waals surface area contributed by atoms with Crippen molar-refractivity contribution in [3.8, 4) is 5.75 Å². The number of nitrogens with one attached hydrogen (secondary N) is 1. The maximum atomic E-state index is 6.19. The molecule has 0 fully saturated rings. The maximum absolute atomic E-state index is 6.19. The highest BCUT2D eigenvalue weighted by molar-refractivity contribution is 6.32. The van der Waals surface area contributed by atoms with Gasteiger partial charge in [-0.05, 0) is 36.2 Å². The first-order valence-electron chi connectivity index (χ1n) is 6.42. The van der Waals surface area contributed by atoms with Gasteiger partial charge in [0.05, 0.1) is 12.1 Å². The number of hydrogen-bond donors (Lipinski definition) is 1. The van der Waals surface area contributed by atoms with E-state index in [2.05, 4.69) is 12.2 Å². The Morgan fingerprint density at radius 1 is 1.10 bits per heavy atom. The molecule has 0 saturated carbocycles. The van der Waals surface area contributed by atoms with Crippen LogP contribution in [0, 0.1) is 0 Å². The molecule has 0 saturated heterocycles. The minimum atomic E-state index is 0.171.